The van der Waals surface area contributed by atoms with Crippen molar-refractivity contribution >= 4 is 40.8 Å². The number of fused-ring (bicyclic) bond motifs is 1. The Kier molecular flexibility index (Phi) is 5.29. The second kappa shape index (κ2) is 7.45. The zero-order valence-electron chi connectivity index (χ0n) is 15.1. The monoisotopic (exact) mass is 427 g/mol. The minimum atomic E-state index is -1.21. The molecule has 1 fully saturated rings. The molecule has 0 aromatic carbocycles. The number of nitrogens with zero attached hydrogens (tertiary/aromatic N) is 4. The van der Waals surface area contributed by atoms with Crippen molar-refractivity contribution in [1.29, 1.82) is 0 Å². The number of hydrogen-bond acceptors (Lipinski definition) is 10. The minimum Gasteiger partial charge on any atom is -0.394 e. The number of amidine groups is 1. The third kappa shape index (κ3) is 3.09. The Hall–Kier alpha value is -1.40. The van der Waals surface area contributed by atoms with Gasteiger partial charge in [0, 0.05) is 10.8 Å². The summed E-state index contributed by atoms with van der Waals surface area (Å²) in [6.45, 7) is 1.74. The van der Waals surface area contributed by atoms with Crippen LogP contribution in [0.3, 0.4) is 0 Å². The second-order valence-corrected chi connectivity index (χ2v) is 8.57. The molecule has 28 heavy (non-hydrogen) atoms. The van der Waals surface area contributed by atoms with Gasteiger partial charge in [-0.3, -0.25) is 4.99 Å². The summed E-state index contributed by atoms with van der Waals surface area (Å²) in [6.07, 6.45) is -2.14. The predicted octanol–water partition coefficient (Wildman–Crippen LogP) is -0.171. The van der Waals surface area contributed by atoms with Crippen LogP contribution >= 0.6 is 22.9 Å². The van der Waals surface area contributed by atoms with E-state index in [2.05, 4.69) is 15.0 Å². The van der Waals surface area contributed by atoms with Crippen LogP contribution in [0.5, 0.6) is 0 Å². The molecule has 4 heterocycles. The molecule has 9 nitrogen and oxygen atoms in total. The summed E-state index contributed by atoms with van der Waals surface area (Å²) in [5, 5.41) is 32.3. The van der Waals surface area contributed by atoms with E-state index in [4.69, 9.17) is 22.1 Å². The summed E-state index contributed by atoms with van der Waals surface area (Å²) in [5.41, 5.74) is 6.07. The van der Waals surface area contributed by atoms with Gasteiger partial charge in [0.05, 0.1) is 11.6 Å². The smallest absolute Gasteiger partial charge is 0.162 e. The van der Waals surface area contributed by atoms with Crippen LogP contribution in [0.2, 0.25) is 5.02 Å². The van der Waals surface area contributed by atoms with Gasteiger partial charge in [-0.1, -0.05) is 18.5 Å². The lowest BCUT2D eigenvalue weighted by Gasteiger charge is -2.35. The Morgan fingerprint density at radius 1 is 1.46 bits per heavy atom. The largest absolute Gasteiger partial charge is 0.394 e. The molecule has 1 aromatic heterocycles. The maximum Gasteiger partial charge on any atom is 0.162 e. The molecule has 1 saturated heterocycles. The van der Waals surface area contributed by atoms with Crippen molar-refractivity contribution in [2.75, 3.05) is 13.3 Å². The summed E-state index contributed by atoms with van der Waals surface area (Å²) in [6, 6.07) is 1.85. The van der Waals surface area contributed by atoms with Crippen LogP contribution in [-0.4, -0.2) is 81.6 Å². The first-order valence-electron chi connectivity index (χ1n) is 8.93. The van der Waals surface area contributed by atoms with Gasteiger partial charge in [-0.15, -0.1) is 11.3 Å². The van der Waals surface area contributed by atoms with E-state index < -0.39 is 36.8 Å². The molecule has 3 aliphatic heterocycles. The molecular formula is C17H22ClN5O4S. The molecule has 6 atom stereocenters. The normalized spacial score (nSPS) is 35.7. The predicted molar refractivity (Wildman–Crippen MR) is 107 cm³/mol. The van der Waals surface area contributed by atoms with Gasteiger partial charge in [0.1, 0.15) is 37.0 Å². The molecule has 5 N–H and O–H groups in total. The molecule has 0 bridgehead atoms. The number of ether oxygens (including phenoxy) is 1. The summed E-state index contributed by atoms with van der Waals surface area (Å²) in [5.74, 6) is 0.339. The standard InChI is InChI=1S/C17H22ClN5O4S/c1-8(4-11-9(18)2-3-28-11)17(19)14-15(20-6-22-17)23(7-21-14)16-13(26)12(25)10(5-24)27-16/h2-3,6,8,10,12-13,16,24-26H,4-5,7,19H2,1H3/t8?,10-,12-,13-,16-,17?/m1/s1. The first kappa shape index (κ1) is 19.9. The molecule has 3 aliphatic rings. The molecule has 0 saturated carbocycles. The summed E-state index contributed by atoms with van der Waals surface area (Å²) in [7, 11) is 0. The van der Waals surface area contributed by atoms with Gasteiger partial charge in [-0.25, -0.2) is 9.98 Å². The third-order valence-electron chi connectivity index (χ3n) is 5.45. The number of thiophene rings is 1. The molecule has 152 valence electrons. The quantitative estimate of drug-likeness (QED) is 0.515. The van der Waals surface area contributed by atoms with Gasteiger partial charge in [-0.05, 0) is 17.9 Å². The third-order valence-corrected chi connectivity index (χ3v) is 6.86. The number of aliphatic imine (C=N–C) groups is 3. The van der Waals surface area contributed by atoms with Crippen LogP contribution in [0.25, 0.3) is 0 Å². The van der Waals surface area contributed by atoms with Crippen LogP contribution in [0.15, 0.2) is 26.4 Å². The molecule has 4 rings (SSSR count). The van der Waals surface area contributed by atoms with Crippen LogP contribution in [-0.2, 0) is 11.2 Å². The van der Waals surface area contributed by atoms with E-state index >= 15 is 0 Å². The Labute approximate surface area is 170 Å². The lowest BCUT2D eigenvalue weighted by Crippen LogP contribution is -2.59. The maximum atomic E-state index is 10.3. The molecule has 11 heteroatoms. The van der Waals surface area contributed by atoms with Crippen molar-refractivity contribution in [3.05, 3.63) is 21.3 Å². The van der Waals surface area contributed by atoms with Crippen molar-refractivity contribution in [3.63, 3.8) is 0 Å². The van der Waals surface area contributed by atoms with Gasteiger partial charge in [-0.2, -0.15) is 0 Å². The van der Waals surface area contributed by atoms with Gasteiger partial charge >= 0.3 is 0 Å². The zero-order chi connectivity index (χ0) is 20.1. The number of halogens is 1. The Balaban J connectivity index is 1.55. The van der Waals surface area contributed by atoms with E-state index in [0.29, 0.717) is 23.0 Å². The van der Waals surface area contributed by atoms with Crippen LogP contribution < -0.4 is 5.73 Å². The highest BCUT2D eigenvalue weighted by molar-refractivity contribution is 7.10. The summed E-state index contributed by atoms with van der Waals surface area (Å²) >= 11 is 7.79. The van der Waals surface area contributed by atoms with E-state index in [1.54, 1.807) is 16.2 Å². The Morgan fingerprint density at radius 3 is 2.89 bits per heavy atom. The zero-order valence-corrected chi connectivity index (χ0v) is 16.7. The fourth-order valence-electron chi connectivity index (χ4n) is 3.71. The fourth-order valence-corrected chi connectivity index (χ4v) is 4.95. The van der Waals surface area contributed by atoms with E-state index in [1.165, 1.54) is 6.34 Å². The SMILES string of the molecule is CC(Cc1sccc1Cl)C1(N)N=CN=C2C1=NCN2[C@@H]1O[C@H](CO)[C@@H](O)[C@H]1O. The van der Waals surface area contributed by atoms with Crippen LogP contribution in [0.4, 0.5) is 0 Å². The molecular weight excluding hydrogens is 406 g/mol. The van der Waals surface area contributed by atoms with Gasteiger partial charge in [0.15, 0.2) is 17.7 Å². The molecule has 0 spiro atoms. The lowest BCUT2D eigenvalue weighted by atomic mass is 9.86. The average molecular weight is 428 g/mol. The fraction of sp³-hybridized carbons (Fsp3) is 0.588. The molecule has 0 aliphatic carbocycles. The number of aliphatic hydroxyl groups excluding tert-OH is 3. The highest BCUT2D eigenvalue weighted by atomic mass is 35.5. The number of nitrogens with two attached hydrogens (primary N) is 1. The summed E-state index contributed by atoms with van der Waals surface area (Å²) < 4.78 is 5.62. The highest BCUT2D eigenvalue weighted by Gasteiger charge is 2.51. The second-order valence-electron chi connectivity index (χ2n) is 7.17. The van der Waals surface area contributed by atoms with Gasteiger partial charge in [0.25, 0.3) is 0 Å². The van der Waals surface area contributed by atoms with Crippen molar-refractivity contribution in [2.45, 2.75) is 43.5 Å². The molecule has 0 amide bonds. The Bertz CT molecular complexity index is 845. The van der Waals surface area contributed by atoms with Gasteiger partial charge < -0.3 is 30.7 Å². The van der Waals surface area contributed by atoms with E-state index in [-0.39, 0.29) is 12.6 Å². The van der Waals surface area contributed by atoms with E-state index in [0.717, 1.165) is 4.88 Å². The number of rotatable bonds is 5. The Morgan fingerprint density at radius 2 is 2.25 bits per heavy atom. The topological polar surface area (TPSA) is 136 Å². The molecule has 0 radical (unpaired) electrons. The van der Waals surface area contributed by atoms with E-state index in [1.807, 2.05) is 18.4 Å². The first-order chi connectivity index (χ1) is 13.4. The number of hydrogen-bond donors (Lipinski definition) is 4. The lowest BCUT2D eigenvalue weighted by molar-refractivity contribution is -0.0688. The maximum absolute atomic E-state index is 10.3. The minimum absolute atomic E-state index is 0.116. The molecule has 1 aromatic rings. The van der Waals surface area contributed by atoms with Crippen LogP contribution in [0, 0.1) is 5.92 Å². The highest BCUT2D eigenvalue weighted by Crippen LogP contribution is 2.34. The van der Waals surface area contributed by atoms with Crippen molar-refractivity contribution in [2.24, 2.45) is 26.6 Å². The van der Waals surface area contributed by atoms with E-state index in [9.17, 15) is 15.3 Å². The number of aliphatic hydroxyl groups is 3. The summed E-state index contributed by atoms with van der Waals surface area (Å²) in [4.78, 5) is 15.9. The van der Waals surface area contributed by atoms with Crippen LogP contribution in [0.1, 0.15) is 11.8 Å². The first-order valence-corrected chi connectivity index (χ1v) is 10.2. The van der Waals surface area contributed by atoms with Crippen molar-refractivity contribution < 1.29 is 20.1 Å². The van der Waals surface area contributed by atoms with Crippen molar-refractivity contribution in [1.82, 2.24) is 4.90 Å². The van der Waals surface area contributed by atoms with Gasteiger partial charge in [0.2, 0.25) is 0 Å². The molecule has 2 unspecified atom stereocenters. The average Bonchev–Trinajstić information content (AvgIpc) is 3.35. The van der Waals surface area contributed by atoms with Crippen molar-refractivity contribution in [3.8, 4) is 0 Å².